The lowest BCUT2D eigenvalue weighted by Crippen LogP contribution is -2.32. The second-order valence-corrected chi connectivity index (χ2v) is 4.21. The number of carboxylic acid groups (broad SMARTS) is 1. The molecule has 0 aromatic heterocycles. The molecule has 0 heterocycles. The van der Waals surface area contributed by atoms with E-state index in [0.717, 1.165) is 0 Å². The first kappa shape index (κ1) is 12.9. The monoisotopic (exact) mass is 202 g/mol. The molecule has 0 aliphatic heterocycles. The van der Waals surface area contributed by atoms with Gasteiger partial charge in [0, 0.05) is 0 Å². The molecule has 0 aliphatic carbocycles. The van der Waals surface area contributed by atoms with Crippen LogP contribution in [-0.2, 0) is 14.3 Å². The Balaban J connectivity index is 4.38. The highest BCUT2D eigenvalue weighted by Crippen LogP contribution is 2.15. The SMILES string of the molecule is CCC[C@@H](C(=O)O)C(=O)OC(C)(C)C. The van der Waals surface area contributed by atoms with Crippen molar-refractivity contribution < 1.29 is 19.4 Å². The summed E-state index contributed by atoms with van der Waals surface area (Å²) in [5, 5.41) is 8.77. The largest absolute Gasteiger partial charge is 0.481 e. The third-order valence-electron chi connectivity index (χ3n) is 1.57. The number of carboxylic acids is 1. The highest BCUT2D eigenvalue weighted by Gasteiger charge is 2.29. The van der Waals surface area contributed by atoms with E-state index in [1.807, 2.05) is 6.92 Å². The van der Waals surface area contributed by atoms with Gasteiger partial charge in [-0.1, -0.05) is 13.3 Å². The zero-order valence-corrected chi connectivity index (χ0v) is 9.16. The predicted molar refractivity (Wildman–Crippen MR) is 51.9 cm³/mol. The van der Waals surface area contributed by atoms with Crippen LogP contribution < -0.4 is 0 Å². The Morgan fingerprint density at radius 2 is 1.86 bits per heavy atom. The number of carbonyl (C=O) groups is 2. The molecule has 0 spiro atoms. The van der Waals surface area contributed by atoms with Gasteiger partial charge in [-0.3, -0.25) is 9.59 Å². The quantitative estimate of drug-likeness (QED) is 0.558. The molecule has 1 atom stereocenters. The first-order valence-electron chi connectivity index (χ1n) is 4.73. The molecule has 0 saturated carbocycles. The van der Waals surface area contributed by atoms with E-state index < -0.39 is 23.5 Å². The zero-order valence-electron chi connectivity index (χ0n) is 9.16. The van der Waals surface area contributed by atoms with E-state index in [1.54, 1.807) is 20.8 Å². The van der Waals surface area contributed by atoms with Gasteiger partial charge in [-0.25, -0.2) is 0 Å². The lowest BCUT2D eigenvalue weighted by Gasteiger charge is -2.21. The van der Waals surface area contributed by atoms with Crippen molar-refractivity contribution in [2.24, 2.45) is 5.92 Å². The summed E-state index contributed by atoms with van der Waals surface area (Å²) in [7, 11) is 0. The van der Waals surface area contributed by atoms with Gasteiger partial charge in [-0.2, -0.15) is 0 Å². The van der Waals surface area contributed by atoms with Gasteiger partial charge in [-0.05, 0) is 27.2 Å². The molecule has 0 aliphatic rings. The lowest BCUT2D eigenvalue weighted by atomic mass is 10.0. The summed E-state index contributed by atoms with van der Waals surface area (Å²) < 4.78 is 4.99. The van der Waals surface area contributed by atoms with Gasteiger partial charge in [0.15, 0.2) is 5.92 Å². The van der Waals surface area contributed by atoms with Crippen molar-refractivity contribution in [3.8, 4) is 0 Å². The van der Waals surface area contributed by atoms with Crippen molar-refractivity contribution in [3.63, 3.8) is 0 Å². The van der Waals surface area contributed by atoms with Crippen LogP contribution in [0.4, 0.5) is 0 Å². The van der Waals surface area contributed by atoms with E-state index in [0.29, 0.717) is 12.8 Å². The van der Waals surface area contributed by atoms with E-state index in [1.165, 1.54) is 0 Å². The highest BCUT2D eigenvalue weighted by molar-refractivity contribution is 5.94. The molecule has 82 valence electrons. The Morgan fingerprint density at radius 3 is 2.14 bits per heavy atom. The third-order valence-corrected chi connectivity index (χ3v) is 1.57. The van der Waals surface area contributed by atoms with Crippen molar-refractivity contribution >= 4 is 11.9 Å². The molecule has 4 nitrogen and oxygen atoms in total. The van der Waals surface area contributed by atoms with Crippen LogP contribution in [0.2, 0.25) is 0 Å². The maximum Gasteiger partial charge on any atom is 0.320 e. The van der Waals surface area contributed by atoms with E-state index >= 15 is 0 Å². The molecule has 0 bridgehead atoms. The highest BCUT2D eigenvalue weighted by atomic mass is 16.6. The Bertz CT molecular complexity index is 215. The third kappa shape index (κ3) is 4.84. The van der Waals surface area contributed by atoms with Crippen LogP contribution in [0, 0.1) is 5.92 Å². The van der Waals surface area contributed by atoms with Gasteiger partial charge in [0.25, 0.3) is 0 Å². The number of esters is 1. The topological polar surface area (TPSA) is 63.6 Å². The molecule has 0 saturated heterocycles. The van der Waals surface area contributed by atoms with Crippen LogP contribution in [0.1, 0.15) is 40.5 Å². The number of carbonyl (C=O) groups excluding carboxylic acids is 1. The number of hydrogen-bond donors (Lipinski definition) is 1. The van der Waals surface area contributed by atoms with E-state index in [-0.39, 0.29) is 0 Å². The first-order chi connectivity index (χ1) is 6.28. The predicted octanol–water partition coefficient (Wildman–Crippen LogP) is 1.83. The van der Waals surface area contributed by atoms with Crippen molar-refractivity contribution in [1.82, 2.24) is 0 Å². The van der Waals surface area contributed by atoms with Gasteiger partial charge in [-0.15, -0.1) is 0 Å². The van der Waals surface area contributed by atoms with E-state index in [9.17, 15) is 9.59 Å². The second kappa shape index (κ2) is 4.98. The number of aliphatic carboxylic acids is 1. The molecule has 0 aromatic carbocycles. The van der Waals surface area contributed by atoms with Crippen LogP contribution in [0.3, 0.4) is 0 Å². The fourth-order valence-electron chi connectivity index (χ4n) is 1.00. The Hall–Kier alpha value is -1.06. The summed E-state index contributed by atoms with van der Waals surface area (Å²) in [4.78, 5) is 22.1. The average Bonchev–Trinajstić information content (AvgIpc) is 1.95. The molecule has 0 unspecified atom stereocenters. The van der Waals surface area contributed by atoms with Crippen molar-refractivity contribution in [3.05, 3.63) is 0 Å². The normalized spacial score (nSPS) is 13.4. The molecular weight excluding hydrogens is 184 g/mol. The minimum absolute atomic E-state index is 0.324. The van der Waals surface area contributed by atoms with Gasteiger partial charge in [0.1, 0.15) is 5.60 Å². The van der Waals surface area contributed by atoms with Crippen molar-refractivity contribution in [2.75, 3.05) is 0 Å². The zero-order chi connectivity index (χ0) is 11.4. The van der Waals surface area contributed by atoms with E-state index in [2.05, 4.69) is 0 Å². The summed E-state index contributed by atoms with van der Waals surface area (Å²) in [5.74, 6) is -2.79. The average molecular weight is 202 g/mol. The Kier molecular flexibility index (Phi) is 4.60. The minimum Gasteiger partial charge on any atom is -0.481 e. The van der Waals surface area contributed by atoms with E-state index in [4.69, 9.17) is 9.84 Å². The summed E-state index contributed by atoms with van der Waals surface area (Å²) >= 11 is 0. The molecule has 14 heavy (non-hydrogen) atoms. The molecule has 0 radical (unpaired) electrons. The number of ether oxygens (including phenoxy) is 1. The first-order valence-corrected chi connectivity index (χ1v) is 4.73. The van der Waals surface area contributed by atoms with Crippen LogP contribution in [-0.4, -0.2) is 22.6 Å². The van der Waals surface area contributed by atoms with Crippen LogP contribution in [0.5, 0.6) is 0 Å². The van der Waals surface area contributed by atoms with Gasteiger partial charge in [0.2, 0.25) is 0 Å². The van der Waals surface area contributed by atoms with Gasteiger partial charge < -0.3 is 9.84 Å². The van der Waals surface area contributed by atoms with Gasteiger partial charge >= 0.3 is 11.9 Å². The van der Waals surface area contributed by atoms with Crippen LogP contribution >= 0.6 is 0 Å². The Labute approximate surface area is 84.3 Å². The molecule has 0 fully saturated rings. The minimum atomic E-state index is -1.11. The molecular formula is C10H18O4. The fraction of sp³-hybridized carbons (Fsp3) is 0.800. The summed E-state index contributed by atoms with van der Waals surface area (Å²) in [6.45, 7) is 6.99. The number of hydrogen-bond acceptors (Lipinski definition) is 3. The lowest BCUT2D eigenvalue weighted by molar-refractivity contribution is -0.167. The summed E-state index contributed by atoms with van der Waals surface area (Å²) in [6.07, 6.45) is 0.973. The smallest absolute Gasteiger partial charge is 0.320 e. The molecule has 0 rings (SSSR count). The number of rotatable bonds is 4. The van der Waals surface area contributed by atoms with Gasteiger partial charge in [0.05, 0.1) is 0 Å². The standard InChI is InChI=1S/C10H18O4/c1-5-6-7(8(11)12)9(13)14-10(2,3)4/h7H,5-6H2,1-4H3,(H,11,12)/t7-/m0/s1. The molecule has 4 heteroatoms. The van der Waals surface area contributed by atoms with Crippen molar-refractivity contribution in [1.29, 1.82) is 0 Å². The maximum atomic E-state index is 11.4. The molecule has 0 aromatic rings. The van der Waals surface area contributed by atoms with Crippen LogP contribution in [0.15, 0.2) is 0 Å². The summed E-state index contributed by atoms with van der Waals surface area (Å²) in [6, 6.07) is 0. The molecule has 1 N–H and O–H groups in total. The summed E-state index contributed by atoms with van der Waals surface area (Å²) in [5.41, 5.74) is -0.626. The van der Waals surface area contributed by atoms with Crippen molar-refractivity contribution in [2.45, 2.75) is 46.1 Å². The second-order valence-electron chi connectivity index (χ2n) is 4.21. The fourth-order valence-corrected chi connectivity index (χ4v) is 1.00. The Morgan fingerprint density at radius 1 is 1.36 bits per heavy atom. The van der Waals surface area contributed by atoms with Crippen LogP contribution in [0.25, 0.3) is 0 Å². The molecule has 0 amide bonds. The maximum absolute atomic E-state index is 11.4.